The van der Waals surface area contributed by atoms with E-state index >= 15 is 0 Å². The largest absolute Gasteiger partial charge is 0.314 e. The van der Waals surface area contributed by atoms with Crippen molar-refractivity contribution in [3.05, 3.63) is 0 Å². The molecule has 0 bridgehead atoms. The van der Waals surface area contributed by atoms with E-state index in [0.29, 0.717) is 0 Å². The molecular weight excluding hydrogens is 242 g/mol. The SMILES string of the molecule is CCCCCCCCCCN[C@@H](C)C1CCCCCC1. The lowest BCUT2D eigenvalue weighted by Gasteiger charge is -2.23. The molecule has 0 aromatic heterocycles. The van der Waals surface area contributed by atoms with Crippen LogP contribution in [0, 0.1) is 5.92 Å². The predicted molar refractivity (Wildman–Crippen MR) is 91.3 cm³/mol. The maximum atomic E-state index is 3.79. The third-order valence-electron chi connectivity index (χ3n) is 5.10. The Balaban J connectivity index is 1.89. The van der Waals surface area contributed by atoms with Gasteiger partial charge in [0, 0.05) is 6.04 Å². The molecule has 0 heterocycles. The third kappa shape index (κ3) is 9.00. The Hall–Kier alpha value is -0.0400. The van der Waals surface area contributed by atoms with Crippen molar-refractivity contribution < 1.29 is 0 Å². The molecule has 1 nitrogen and oxygen atoms in total. The zero-order chi connectivity index (χ0) is 14.5. The molecule has 120 valence electrons. The summed E-state index contributed by atoms with van der Waals surface area (Å²) >= 11 is 0. The molecule has 1 aliphatic carbocycles. The first-order valence-electron chi connectivity index (χ1n) is 9.58. The molecule has 1 aliphatic rings. The Morgan fingerprint density at radius 2 is 1.35 bits per heavy atom. The van der Waals surface area contributed by atoms with E-state index in [9.17, 15) is 0 Å². The van der Waals surface area contributed by atoms with Gasteiger partial charge in [-0.3, -0.25) is 0 Å². The van der Waals surface area contributed by atoms with Gasteiger partial charge in [0.15, 0.2) is 0 Å². The van der Waals surface area contributed by atoms with Crippen LogP contribution in [0.1, 0.15) is 104 Å². The predicted octanol–water partition coefficient (Wildman–Crippen LogP) is 6.08. The summed E-state index contributed by atoms with van der Waals surface area (Å²) in [7, 11) is 0. The standard InChI is InChI=1S/C19H39N/c1-3-4-5-6-7-8-11-14-17-20-18(2)19-15-12-9-10-13-16-19/h18-20H,3-17H2,1-2H3/t18-/m0/s1. The molecule has 0 unspecified atom stereocenters. The van der Waals surface area contributed by atoms with Crippen LogP contribution in [0.5, 0.6) is 0 Å². The Bertz CT molecular complexity index is 194. The first-order chi connectivity index (χ1) is 9.84. The second-order valence-corrected chi connectivity index (χ2v) is 6.97. The summed E-state index contributed by atoms with van der Waals surface area (Å²) in [5.41, 5.74) is 0. The highest BCUT2D eigenvalue weighted by atomic mass is 14.9. The summed E-state index contributed by atoms with van der Waals surface area (Å²) in [6.07, 6.45) is 20.2. The van der Waals surface area contributed by atoms with E-state index in [1.807, 2.05) is 0 Å². The van der Waals surface area contributed by atoms with E-state index in [0.717, 1.165) is 12.0 Å². The van der Waals surface area contributed by atoms with Gasteiger partial charge < -0.3 is 5.32 Å². The summed E-state index contributed by atoms with van der Waals surface area (Å²) in [6.45, 7) is 5.95. The average Bonchev–Trinajstić information content (AvgIpc) is 2.74. The molecule has 1 rings (SSSR count). The van der Waals surface area contributed by atoms with Crippen molar-refractivity contribution in [2.75, 3.05) is 6.54 Å². The number of nitrogens with one attached hydrogen (secondary N) is 1. The fourth-order valence-corrected chi connectivity index (χ4v) is 3.57. The number of rotatable bonds is 11. The topological polar surface area (TPSA) is 12.0 Å². The van der Waals surface area contributed by atoms with Crippen molar-refractivity contribution in [1.82, 2.24) is 5.32 Å². The molecule has 0 amide bonds. The van der Waals surface area contributed by atoms with Crippen LogP contribution in [0.2, 0.25) is 0 Å². The van der Waals surface area contributed by atoms with Crippen LogP contribution >= 0.6 is 0 Å². The Morgan fingerprint density at radius 3 is 1.95 bits per heavy atom. The highest BCUT2D eigenvalue weighted by molar-refractivity contribution is 4.74. The lowest BCUT2D eigenvalue weighted by molar-refractivity contribution is 0.335. The minimum atomic E-state index is 0.748. The lowest BCUT2D eigenvalue weighted by atomic mass is 9.93. The lowest BCUT2D eigenvalue weighted by Crippen LogP contribution is -2.34. The van der Waals surface area contributed by atoms with Crippen molar-refractivity contribution in [1.29, 1.82) is 0 Å². The molecule has 1 atom stereocenters. The Morgan fingerprint density at radius 1 is 0.800 bits per heavy atom. The Labute approximate surface area is 128 Å². The first kappa shape index (κ1) is 18.0. The van der Waals surface area contributed by atoms with Crippen molar-refractivity contribution in [2.45, 2.75) is 110 Å². The maximum Gasteiger partial charge on any atom is 0.00669 e. The van der Waals surface area contributed by atoms with Gasteiger partial charge in [-0.05, 0) is 38.6 Å². The monoisotopic (exact) mass is 281 g/mol. The summed E-state index contributed by atoms with van der Waals surface area (Å²) in [5, 5.41) is 3.79. The van der Waals surface area contributed by atoms with E-state index in [1.165, 1.54) is 96.4 Å². The summed E-state index contributed by atoms with van der Waals surface area (Å²) in [4.78, 5) is 0. The number of hydrogen-bond acceptors (Lipinski definition) is 1. The highest BCUT2D eigenvalue weighted by Crippen LogP contribution is 2.25. The molecule has 0 aliphatic heterocycles. The number of unbranched alkanes of at least 4 members (excludes halogenated alkanes) is 7. The average molecular weight is 282 g/mol. The van der Waals surface area contributed by atoms with Gasteiger partial charge in [-0.25, -0.2) is 0 Å². The second kappa shape index (κ2) is 12.7. The van der Waals surface area contributed by atoms with Crippen molar-refractivity contribution >= 4 is 0 Å². The summed E-state index contributed by atoms with van der Waals surface area (Å²) in [5.74, 6) is 0.951. The van der Waals surface area contributed by atoms with Crippen LogP contribution in [-0.2, 0) is 0 Å². The van der Waals surface area contributed by atoms with Gasteiger partial charge in [-0.15, -0.1) is 0 Å². The van der Waals surface area contributed by atoms with Crippen molar-refractivity contribution in [3.8, 4) is 0 Å². The quantitative estimate of drug-likeness (QED) is 0.358. The normalized spacial score (nSPS) is 18.9. The molecule has 1 N–H and O–H groups in total. The summed E-state index contributed by atoms with van der Waals surface area (Å²) in [6, 6.07) is 0.748. The molecule has 1 heteroatoms. The van der Waals surface area contributed by atoms with E-state index in [1.54, 1.807) is 0 Å². The molecule has 20 heavy (non-hydrogen) atoms. The maximum absolute atomic E-state index is 3.79. The van der Waals surface area contributed by atoms with Crippen LogP contribution < -0.4 is 5.32 Å². The summed E-state index contributed by atoms with van der Waals surface area (Å²) < 4.78 is 0. The van der Waals surface area contributed by atoms with E-state index in [2.05, 4.69) is 19.2 Å². The van der Waals surface area contributed by atoms with Crippen LogP contribution in [-0.4, -0.2) is 12.6 Å². The molecule has 0 radical (unpaired) electrons. The van der Waals surface area contributed by atoms with Gasteiger partial charge in [-0.1, -0.05) is 77.6 Å². The fraction of sp³-hybridized carbons (Fsp3) is 1.00. The minimum absolute atomic E-state index is 0.748. The van der Waals surface area contributed by atoms with Gasteiger partial charge in [-0.2, -0.15) is 0 Å². The van der Waals surface area contributed by atoms with Gasteiger partial charge in [0.1, 0.15) is 0 Å². The molecule has 0 spiro atoms. The van der Waals surface area contributed by atoms with Crippen molar-refractivity contribution in [3.63, 3.8) is 0 Å². The van der Waals surface area contributed by atoms with Crippen LogP contribution in [0.25, 0.3) is 0 Å². The van der Waals surface area contributed by atoms with Gasteiger partial charge in [0.05, 0.1) is 0 Å². The minimum Gasteiger partial charge on any atom is -0.314 e. The molecule has 1 fully saturated rings. The first-order valence-corrected chi connectivity index (χ1v) is 9.58. The number of hydrogen-bond donors (Lipinski definition) is 1. The van der Waals surface area contributed by atoms with E-state index in [4.69, 9.17) is 0 Å². The van der Waals surface area contributed by atoms with Gasteiger partial charge in [0.2, 0.25) is 0 Å². The molecule has 1 saturated carbocycles. The van der Waals surface area contributed by atoms with Crippen LogP contribution in [0.3, 0.4) is 0 Å². The highest BCUT2D eigenvalue weighted by Gasteiger charge is 2.17. The van der Waals surface area contributed by atoms with Crippen LogP contribution in [0.4, 0.5) is 0 Å². The molecule has 0 aromatic rings. The third-order valence-corrected chi connectivity index (χ3v) is 5.10. The molecule has 0 aromatic carbocycles. The van der Waals surface area contributed by atoms with Gasteiger partial charge in [0.25, 0.3) is 0 Å². The Kier molecular flexibility index (Phi) is 11.4. The zero-order valence-electron chi connectivity index (χ0n) is 14.3. The van der Waals surface area contributed by atoms with Crippen LogP contribution in [0.15, 0.2) is 0 Å². The van der Waals surface area contributed by atoms with Gasteiger partial charge >= 0.3 is 0 Å². The molecule has 0 saturated heterocycles. The smallest absolute Gasteiger partial charge is 0.00669 e. The van der Waals surface area contributed by atoms with E-state index in [-0.39, 0.29) is 0 Å². The molecular formula is C19H39N. The second-order valence-electron chi connectivity index (χ2n) is 6.97. The fourth-order valence-electron chi connectivity index (χ4n) is 3.57. The van der Waals surface area contributed by atoms with Crippen molar-refractivity contribution in [2.24, 2.45) is 5.92 Å². The van der Waals surface area contributed by atoms with E-state index < -0.39 is 0 Å². The zero-order valence-corrected chi connectivity index (χ0v) is 14.3.